The number of halogens is 2. The van der Waals surface area contributed by atoms with E-state index in [0.29, 0.717) is 6.42 Å². The van der Waals surface area contributed by atoms with Crippen molar-refractivity contribution < 1.29 is 13.5 Å². The molecular weight excluding hydrogens is 200 g/mol. The standard InChI is InChI=1S/C11H13F2NO/c1-6-5-8-7(10(6)14)3-2-4-9(8)15-11(12)13/h2-4,6,10-11H,5,14H2,1H3. The fourth-order valence-electron chi connectivity index (χ4n) is 2.08. The largest absolute Gasteiger partial charge is 0.435 e. The SMILES string of the molecule is CC1Cc2c(OC(F)F)cccc2C1N. The van der Waals surface area contributed by atoms with Crippen LogP contribution >= 0.6 is 0 Å². The maximum atomic E-state index is 12.1. The lowest BCUT2D eigenvalue weighted by molar-refractivity contribution is -0.0504. The lowest BCUT2D eigenvalue weighted by atomic mass is 10.0. The molecule has 1 aliphatic rings. The summed E-state index contributed by atoms with van der Waals surface area (Å²) in [6.45, 7) is -0.764. The summed E-state index contributed by atoms with van der Waals surface area (Å²) in [6.07, 6.45) is 0.708. The maximum Gasteiger partial charge on any atom is 0.387 e. The fourth-order valence-corrected chi connectivity index (χ4v) is 2.08. The molecule has 0 fully saturated rings. The van der Waals surface area contributed by atoms with Crippen LogP contribution in [0.3, 0.4) is 0 Å². The van der Waals surface area contributed by atoms with Crippen molar-refractivity contribution in [1.29, 1.82) is 0 Å². The van der Waals surface area contributed by atoms with Gasteiger partial charge in [0, 0.05) is 6.04 Å². The summed E-state index contributed by atoms with van der Waals surface area (Å²) in [7, 11) is 0. The molecule has 0 aliphatic heterocycles. The van der Waals surface area contributed by atoms with E-state index in [1.54, 1.807) is 12.1 Å². The molecule has 2 atom stereocenters. The molecule has 4 heteroatoms. The molecule has 2 unspecified atom stereocenters. The second-order valence-electron chi connectivity index (χ2n) is 3.91. The van der Waals surface area contributed by atoms with Crippen molar-refractivity contribution >= 4 is 0 Å². The summed E-state index contributed by atoms with van der Waals surface area (Å²) >= 11 is 0. The van der Waals surface area contributed by atoms with Gasteiger partial charge in [-0.3, -0.25) is 0 Å². The van der Waals surface area contributed by atoms with Crippen LogP contribution in [0.2, 0.25) is 0 Å². The molecule has 15 heavy (non-hydrogen) atoms. The molecule has 0 saturated heterocycles. The number of alkyl halides is 2. The van der Waals surface area contributed by atoms with Crippen LogP contribution in [0, 0.1) is 5.92 Å². The average Bonchev–Trinajstić information content (AvgIpc) is 2.45. The Morgan fingerprint density at radius 1 is 1.47 bits per heavy atom. The molecular formula is C11H13F2NO. The molecule has 1 aromatic carbocycles. The third kappa shape index (κ3) is 1.81. The Morgan fingerprint density at radius 3 is 2.87 bits per heavy atom. The molecule has 2 nitrogen and oxygen atoms in total. The van der Waals surface area contributed by atoms with Crippen molar-refractivity contribution in [3.8, 4) is 5.75 Å². The highest BCUT2D eigenvalue weighted by molar-refractivity contribution is 5.45. The predicted octanol–water partition coefficient (Wildman–Crippen LogP) is 2.48. The van der Waals surface area contributed by atoms with Gasteiger partial charge in [0.25, 0.3) is 0 Å². The van der Waals surface area contributed by atoms with E-state index in [2.05, 4.69) is 4.74 Å². The van der Waals surface area contributed by atoms with Crippen molar-refractivity contribution in [2.75, 3.05) is 0 Å². The molecule has 0 bridgehead atoms. The quantitative estimate of drug-likeness (QED) is 0.819. The van der Waals surface area contributed by atoms with Gasteiger partial charge in [-0.25, -0.2) is 0 Å². The number of fused-ring (bicyclic) bond motifs is 1. The van der Waals surface area contributed by atoms with Crippen LogP contribution in [0.15, 0.2) is 18.2 Å². The first-order valence-electron chi connectivity index (χ1n) is 4.91. The first-order valence-corrected chi connectivity index (χ1v) is 4.91. The molecule has 0 saturated carbocycles. The van der Waals surface area contributed by atoms with Gasteiger partial charge in [-0.1, -0.05) is 19.1 Å². The number of benzene rings is 1. The van der Waals surface area contributed by atoms with Gasteiger partial charge in [-0.05, 0) is 29.5 Å². The summed E-state index contributed by atoms with van der Waals surface area (Å²) < 4.78 is 28.7. The number of hydrogen-bond donors (Lipinski definition) is 1. The van der Waals surface area contributed by atoms with Crippen LogP contribution in [0.1, 0.15) is 24.1 Å². The zero-order chi connectivity index (χ0) is 11.0. The summed E-state index contributed by atoms with van der Waals surface area (Å²) in [4.78, 5) is 0. The van der Waals surface area contributed by atoms with Crippen LogP contribution in [-0.2, 0) is 6.42 Å². The minimum atomic E-state index is -2.77. The van der Waals surface area contributed by atoms with Gasteiger partial charge in [-0.2, -0.15) is 8.78 Å². The average molecular weight is 213 g/mol. The Bertz CT molecular complexity index is 368. The molecule has 1 aliphatic carbocycles. The van der Waals surface area contributed by atoms with Crippen LogP contribution in [0.5, 0.6) is 5.75 Å². The van der Waals surface area contributed by atoms with Crippen molar-refractivity contribution in [3.05, 3.63) is 29.3 Å². The topological polar surface area (TPSA) is 35.2 Å². The Balaban J connectivity index is 2.36. The third-order valence-corrected chi connectivity index (χ3v) is 2.88. The molecule has 0 radical (unpaired) electrons. The van der Waals surface area contributed by atoms with Crippen molar-refractivity contribution in [2.24, 2.45) is 11.7 Å². The summed E-state index contributed by atoms with van der Waals surface area (Å²) in [5, 5.41) is 0. The van der Waals surface area contributed by atoms with Gasteiger partial charge in [0.2, 0.25) is 0 Å². The third-order valence-electron chi connectivity index (χ3n) is 2.88. The van der Waals surface area contributed by atoms with E-state index in [0.717, 1.165) is 11.1 Å². The summed E-state index contributed by atoms with van der Waals surface area (Å²) in [6, 6.07) is 5.08. The van der Waals surface area contributed by atoms with Crippen molar-refractivity contribution in [2.45, 2.75) is 26.0 Å². The minimum Gasteiger partial charge on any atom is -0.435 e. The molecule has 2 N–H and O–H groups in total. The lowest BCUT2D eigenvalue weighted by Gasteiger charge is -2.10. The predicted molar refractivity (Wildman–Crippen MR) is 52.9 cm³/mol. The highest BCUT2D eigenvalue weighted by Gasteiger charge is 2.29. The second kappa shape index (κ2) is 3.77. The Kier molecular flexibility index (Phi) is 2.61. The number of nitrogens with two attached hydrogens (primary N) is 1. The molecule has 0 spiro atoms. The highest BCUT2D eigenvalue weighted by Crippen LogP contribution is 2.39. The number of rotatable bonds is 2. The molecule has 0 heterocycles. The van der Waals surface area contributed by atoms with E-state index < -0.39 is 6.61 Å². The maximum absolute atomic E-state index is 12.1. The van der Waals surface area contributed by atoms with E-state index >= 15 is 0 Å². The number of hydrogen-bond acceptors (Lipinski definition) is 2. The van der Waals surface area contributed by atoms with Gasteiger partial charge in [0.15, 0.2) is 0 Å². The van der Waals surface area contributed by atoms with Crippen LogP contribution in [0.4, 0.5) is 8.78 Å². The van der Waals surface area contributed by atoms with E-state index in [1.807, 2.05) is 13.0 Å². The highest BCUT2D eigenvalue weighted by atomic mass is 19.3. The van der Waals surface area contributed by atoms with Gasteiger partial charge >= 0.3 is 6.61 Å². The Hall–Kier alpha value is -1.16. The van der Waals surface area contributed by atoms with Gasteiger partial charge in [0.1, 0.15) is 5.75 Å². The lowest BCUT2D eigenvalue weighted by Crippen LogP contribution is -2.13. The molecule has 1 aromatic rings. The van der Waals surface area contributed by atoms with E-state index in [4.69, 9.17) is 5.73 Å². The van der Waals surface area contributed by atoms with Crippen LogP contribution in [-0.4, -0.2) is 6.61 Å². The normalized spacial score (nSPS) is 24.3. The fraction of sp³-hybridized carbons (Fsp3) is 0.455. The van der Waals surface area contributed by atoms with E-state index in [9.17, 15) is 8.78 Å². The monoisotopic (exact) mass is 213 g/mol. The molecule has 0 aromatic heterocycles. The zero-order valence-electron chi connectivity index (χ0n) is 8.41. The van der Waals surface area contributed by atoms with Crippen molar-refractivity contribution in [1.82, 2.24) is 0 Å². The first kappa shape index (κ1) is 10.4. The Morgan fingerprint density at radius 2 is 2.20 bits per heavy atom. The minimum absolute atomic E-state index is 0.0683. The summed E-state index contributed by atoms with van der Waals surface area (Å²) in [5.74, 6) is 0.546. The van der Waals surface area contributed by atoms with E-state index in [-0.39, 0.29) is 17.7 Å². The van der Waals surface area contributed by atoms with Gasteiger partial charge in [0.05, 0.1) is 0 Å². The van der Waals surface area contributed by atoms with Crippen LogP contribution in [0.25, 0.3) is 0 Å². The van der Waals surface area contributed by atoms with Crippen molar-refractivity contribution in [3.63, 3.8) is 0 Å². The van der Waals surface area contributed by atoms with Crippen LogP contribution < -0.4 is 10.5 Å². The number of ether oxygens (including phenoxy) is 1. The molecule has 82 valence electrons. The first-order chi connectivity index (χ1) is 7.09. The molecule has 0 amide bonds. The zero-order valence-corrected chi connectivity index (χ0v) is 8.41. The van der Waals surface area contributed by atoms with E-state index in [1.165, 1.54) is 0 Å². The Labute approximate surface area is 87.0 Å². The summed E-state index contributed by atoms with van der Waals surface area (Å²) in [5.41, 5.74) is 7.71. The van der Waals surface area contributed by atoms with Gasteiger partial charge < -0.3 is 10.5 Å². The second-order valence-corrected chi connectivity index (χ2v) is 3.91. The smallest absolute Gasteiger partial charge is 0.387 e. The van der Waals surface area contributed by atoms with Gasteiger partial charge in [-0.15, -0.1) is 0 Å². The molecule has 2 rings (SSSR count).